The van der Waals surface area contributed by atoms with Crippen molar-refractivity contribution in [1.29, 1.82) is 5.26 Å². The van der Waals surface area contributed by atoms with Gasteiger partial charge in [-0.25, -0.2) is 0 Å². The van der Waals surface area contributed by atoms with Gasteiger partial charge in [-0.2, -0.15) is 5.26 Å². The molecule has 6 rings (SSSR count). The van der Waals surface area contributed by atoms with E-state index in [0.717, 1.165) is 35.0 Å². The van der Waals surface area contributed by atoms with E-state index < -0.39 is 0 Å². The lowest BCUT2D eigenvalue weighted by molar-refractivity contribution is 0.966. The molecule has 0 radical (unpaired) electrons. The lowest BCUT2D eigenvalue weighted by Crippen LogP contribution is -2.00. The molecule has 0 fully saturated rings. The molecule has 0 bridgehead atoms. The molecule has 0 aliphatic heterocycles. The third-order valence-electron chi connectivity index (χ3n) is 6.25. The fraction of sp³-hybridized carbons (Fsp3) is 0.115. The Morgan fingerprint density at radius 1 is 0.897 bits per heavy atom. The van der Waals surface area contributed by atoms with E-state index in [4.69, 9.17) is 0 Å². The lowest BCUT2D eigenvalue weighted by atomic mass is 9.98. The van der Waals surface area contributed by atoms with Gasteiger partial charge >= 0.3 is 0 Å². The first-order valence-corrected chi connectivity index (χ1v) is 9.98. The fourth-order valence-corrected chi connectivity index (χ4v) is 4.95. The summed E-state index contributed by atoms with van der Waals surface area (Å²) in [4.78, 5) is 0. The second kappa shape index (κ2) is 5.86. The number of rotatable bonds is 1. The molecule has 0 saturated carbocycles. The fourth-order valence-electron chi connectivity index (χ4n) is 4.95. The van der Waals surface area contributed by atoms with Gasteiger partial charge in [0.05, 0.1) is 22.7 Å². The van der Waals surface area contributed by atoms with E-state index in [1.54, 1.807) is 0 Å². The zero-order chi connectivity index (χ0) is 19.5. The van der Waals surface area contributed by atoms with Crippen LogP contribution >= 0.6 is 0 Å². The number of hydrogen-bond donors (Lipinski definition) is 0. The monoisotopic (exact) mass is 373 g/mol. The van der Waals surface area contributed by atoms with Gasteiger partial charge in [0, 0.05) is 40.1 Å². The zero-order valence-corrected chi connectivity index (χ0v) is 16.2. The second-order valence-electron chi connectivity index (χ2n) is 7.73. The second-order valence-corrected chi connectivity index (χ2v) is 7.73. The minimum absolute atomic E-state index is 0.762. The summed E-state index contributed by atoms with van der Waals surface area (Å²) >= 11 is 0. The first-order valence-electron chi connectivity index (χ1n) is 9.98. The molecule has 0 N–H and O–H groups in total. The van der Waals surface area contributed by atoms with E-state index in [9.17, 15) is 5.26 Å². The number of aryl methyl sites for hydroxylation is 2. The SMILES string of the molecule is Cn1c2ccccc2c2ccc(-n3c4c(c5c(C#N)cccc53)CCC=C4)cc21. The first-order chi connectivity index (χ1) is 14.3. The van der Waals surface area contributed by atoms with Crippen LogP contribution in [-0.4, -0.2) is 9.13 Å². The molecule has 0 spiro atoms. The summed E-state index contributed by atoms with van der Waals surface area (Å²) in [7, 11) is 2.13. The number of allylic oxidation sites excluding steroid dienone is 1. The van der Waals surface area contributed by atoms with Gasteiger partial charge in [-0.3, -0.25) is 0 Å². The van der Waals surface area contributed by atoms with Crippen LogP contribution in [0.1, 0.15) is 23.2 Å². The average Bonchev–Trinajstić information content (AvgIpc) is 3.26. The number of aromatic nitrogens is 2. The summed E-state index contributed by atoms with van der Waals surface area (Å²) in [6, 6.07) is 23.7. The van der Waals surface area contributed by atoms with Crippen LogP contribution in [0, 0.1) is 11.3 Å². The molecule has 29 heavy (non-hydrogen) atoms. The third kappa shape index (κ3) is 2.12. The maximum absolute atomic E-state index is 9.69. The van der Waals surface area contributed by atoms with Crippen molar-refractivity contribution >= 4 is 38.8 Å². The summed E-state index contributed by atoms with van der Waals surface area (Å²) in [5, 5.41) is 13.3. The normalized spacial score (nSPS) is 13.2. The molecule has 0 unspecified atom stereocenters. The minimum atomic E-state index is 0.762. The number of fused-ring (bicyclic) bond motifs is 6. The van der Waals surface area contributed by atoms with Crippen LogP contribution in [0.4, 0.5) is 0 Å². The summed E-state index contributed by atoms with van der Waals surface area (Å²) in [6.07, 6.45) is 6.45. The van der Waals surface area contributed by atoms with Crippen LogP contribution in [0.15, 0.2) is 66.7 Å². The molecular weight excluding hydrogens is 354 g/mol. The van der Waals surface area contributed by atoms with E-state index >= 15 is 0 Å². The van der Waals surface area contributed by atoms with Gasteiger partial charge < -0.3 is 9.13 Å². The van der Waals surface area contributed by atoms with Gasteiger partial charge in [-0.1, -0.05) is 36.4 Å². The maximum atomic E-state index is 9.69. The number of nitrogens with zero attached hydrogens (tertiary/aromatic N) is 3. The third-order valence-corrected chi connectivity index (χ3v) is 6.25. The lowest BCUT2D eigenvalue weighted by Gasteiger charge is -2.12. The van der Waals surface area contributed by atoms with Gasteiger partial charge in [0.2, 0.25) is 0 Å². The summed E-state index contributed by atoms with van der Waals surface area (Å²) < 4.78 is 4.58. The van der Waals surface area contributed by atoms with Crippen LogP contribution in [0.5, 0.6) is 0 Å². The van der Waals surface area contributed by atoms with Gasteiger partial charge in [-0.05, 0) is 54.8 Å². The molecule has 138 valence electrons. The van der Waals surface area contributed by atoms with E-state index in [-0.39, 0.29) is 0 Å². The average molecular weight is 373 g/mol. The van der Waals surface area contributed by atoms with Crippen molar-refractivity contribution in [3.8, 4) is 11.8 Å². The Kier molecular flexibility index (Phi) is 3.28. The van der Waals surface area contributed by atoms with Crippen molar-refractivity contribution in [1.82, 2.24) is 9.13 Å². The molecule has 2 aromatic heterocycles. The van der Waals surface area contributed by atoms with Crippen LogP contribution in [0.25, 0.3) is 44.5 Å². The highest BCUT2D eigenvalue weighted by Crippen LogP contribution is 2.37. The van der Waals surface area contributed by atoms with Gasteiger partial charge in [0.15, 0.2) is 0 Å². The standard InChI is InChI=1S/C26H19N3/c1-28-22-10-4-2-8-19(22)20-14-13-18(15-25(20)28)29-23-11-5-3-9-21(23)26-17(16-27)7-6-12-24(26)29/h2,4-8,10-15H,3,9H2,1H3. The molecule has 3 heteroatoms. The van der Waals surface area contributed by atoms with Crippen molar-refractivity contribution in [3.05, 3.63) is 83.6 Å². The topological polar surface area (TPSA) is 33.6 Å². The van der Waals surface area contributed by atoms with E-state index in [1.807, 2.05) is 12.1 Å². The molecular formula is C26H19N3. The predicted molar refractivity (Wildman–Crippen MR) is 119 cm³/mol. The highest BCUT2D eigenvalue weighted by Gasteiger charge is 2.21. The summed E-state index contributed by atoms with van der Waals surface area (Å²) in [5.74, 6) is 0. The van der Waals surface area contributed by atoms with Crippen LogP contribution in [-0.2, 0) is 13.5 Å². The highest BCUT2D eigenvalue weighted by atomic mass is 15.0. The minimum Gasteiger partial charge on any atom is -0.344 e. The van der Waals surface area contributed by atoms with E-state index in [0.29, 0.717) is 0 Å². The maximum Gasteiger partial charge on any atom is 0.0998 e. The Morgan fingerprint density at radius 3 is 2.62 bits per heavy atom. The van der Waals surface area contributed by atoms with Gasteiger partial charge in [-0.15, -0.1) is 0 Å². The van der Waals surface area contributed by atoms with E-state index in [2.05, 4.69) is 82.9 Å². The molecule has 3 nitrogen and oxygen atoms in total. The molecule has 1 aliphatic rings. The van der Waals surface area contributed by atoms with Gasteiger partial charge in [0.1, 0.15) is 0 Å². The summed E-state index contributed by atoms with van der Waals surface area (Å²) in [5.41, 5.74) is 7.96. The number of para-hydroxylation sites is 1. The van der Waals surface area contributed by atoms with Crippen LogP contribution in [0.2, 0.25) is 0 Å². The Balaban J connectivity index is 1.72. The smallest absolute Gasteiger partial charge is 0.0998 e. The molecule has 2 heterocycles. The zero-order valence-electron chi connectivity index (χ0n) is 16.2. The number of benzene rings is 3. The molecule has 3 aromatic carbocycles. The Morgan fingerprint density at radius 2 is 1.72 bits per heavy atom. The predicted octanol–water partition coefficient (Wildman–Crippen LogP) is 6.11. The number of hydrogen-bond acceptors (Lipinski definition) is 1. The molecule has 5 aromatic rings. The summed E-state index contributed by atoms with van der Waals surface area (Å²) in [6.45, 7) is 0. The number of nitriles is 1. The van der Waals surface area contributed by atoms with Crippen molar-refractivity contribution < 1.29 is 0 Å². The molecule has 0 atom stereocenters. The van der Waals surface area contributed by atoms with Gasteiger partial charge in [0.25, 0.3) is 0 Å². The van der Waals surface area contributed by atoms with Crippen LogP contribution in [0.3, 0.4) is 0 Å². The van der Waals surface area contributed by atoms with Crippen molar-refractivity contribution in [2.24, 2.45) is 7.05 Å². The van der Waals surface area contributed by atoms with E-state index in [1.165, 1.54) is 33.1 Å². The first kappa shape index (κ1) is 16.2. The quantitative estimate of drug-likeness (QED) is 0.349. The highest BCUT2D eigenvalue weighted by molar-refractivity contribution is 6.08. The van der Waals surface area contributed by atoms with Crippen molar-refractivity contribution in [3.63, 3.8) is 0 Å². The Hall–Kier alpha value is -3.77. The van der Waals surface area contributed by atoms with Crippen molar-refractivity contribution in [2.75, 3.05) is 0 Å². The Labute approximate surface area is 168 Å². The molecule has 1 aliphatic carbocycles. The molecule has 0 saturated heterocycles. The van der Waals surface area contributed by atoms with Crippen molar-refractivity contribution in [2.45, 2.75) is 12.8 Å². The molecule has 0 amide bonds. The largest absolute Gasteiger partial charge is 0.344 e. The Bertz CT molecular complexity index is 1520. The van der Waals surface area contributed by atoms with Crippen LogP contribution < -0.4 is 0 Å².